The summed E-state index contributed by atoms with van der Waals surface area (Å²) in [6.45, 7) is 7.61. The van der Waals surface area contributed by atoms with E-state index in [0.717, 1.165) is 11.1 Å². The average molecular weight is 450 g/mol. The van der Waals surface area contributed by atoms with Crippen LogP contribution in [0.25, 0.3) is 0 Å². The predicted octanol–water partition coefficient (Wildman–Crippen LogP) is 5.67. The van der Waals surface area contributed by atoms with Gasteiger partial charge in [-0.3, -0.25) is 14.9 Å². The molecule has 0 saturated carbocycles. The van der Waals surface area contributed by atoms with Crippen LogP contribution in [0.15, 0.2) is 42.5 Å². The van der Waals surface area contributed by atoms with Crippen molar-refractivity contribution in [1.29, 1.82) is 0 Å². The minimum absolute atomic E-state index is 0.0168. The van der Waals surface area contributed by atoms with Gasteiger partial charge in [0.25, 0.3) is 0 Å². The topological polar surface area (TPSA) is 55.4 Å². The SMILES string of the molecule is CC(=O)[C@H](Cc1ccc(OCc2cc(Cl)cc(Cl)c2)cc1)N[C@@H](CC(C)C)C(C)=O. The van der Waals surface area contributed by atoms with E-state index in [-0.39, 0.29) is 17.6 Å². The molecule has 0 amide bonds. The van der Waals surface area contributed by atoms with Gasteiger partial charge in [-0.05, 0) is 74.1 Å². The molecule has 0 unspecified atom stereocenters. The normalized spacial score (nSPS) is 13.2. The van der Waals surface area contributed by atoms with Crippen LogP contribution < -0.4 is 10.1 Å². The molecule has 2 rings (SSSR count). The second-order valence-corrected chi connectivity index (χ2v) is 8.91. The third-order valence-corrected chi connectivity index (χ3v) is 5.22. The van der Waals surface area contributed by atoms with E-state index in [1.807, 2.05) is 36.4 Å². The summed E-state index contributed by atoms with van der Waals surface area (Å²) in [5.41, 5.74) is 1.88. The lowest BCUT2D eigenvalue weighted by molar-refractivity contribution is -0.121. The minimum Gasteiger partial charge on any atom is -0.489 e. The predicted molar refractivity (Wildman–Crippen MR) is 122 cm³/mol. The molecule has 4 nitrogen and oxygen atoms in total. The van der Waals surface area contributed by atoms with E-state index < -0.39 is 6.04 Å². The zero-order chi connectivity index (χ0) is 22.3. The first kappa shape index (κ1) is 24.4. The van der Waals surface area contributed by atoms with Crippen LogP contribution in [-0.4, -0.2) is 23.7 Å². The van der Waals surface area contributed by atoms with Gasteiger partial charge in [-0.25, -0.2) is 0 Å². The number of hydrogen-bond acceptors (Lipinski definition) is 4. The Hall–Kier alpha value is -1.88. The van der Waals surface area contributed by atoms with Crippen LogP contribution in [0.1, 0.15) is 45.2 Å². The summed E-state index contributed by atoms with van der Waals surface area (Å²) in [6.07, 6.45) is 1.22. The van der Waals surface area contributed by atoms with Crippen molar-refractivity contribution in [1.82, 2.24) is 5.32 Å². The molecule has 0 fully saturated rings. The third-order valence-electron chi connectivity index (χ3n) is 4.78. The number of benzene rings is 2. The molecular formula is C24H29Cl2NO3. The Morgan fingerprint density at radius 1 is 0.900 bits per heavy atom. The molecule has 0 aliphatic carbocycles. The second kappa shape index (κ2) is 11.5. The van der Waals surface area contributed by atoms with Gasteiger partial charge >= 0.3 is 0 Å². The highest BCUT2D eigenvalue weighted by molar-refractivity contribution is 6.34. The Balaban J connectivity index is 1.99. The van der Waals surface area contributed by atoms with E-state index in [1.54, 1.807) is 19.9 Å². The zero-order valence-corrected chi connectivity index (χ0v) is 19.4. The first-order valence-electron chi connectivity index (χ1n) is 10.1. The van der Waals surface area contributed by atoms with E-state index >= 15 is 0 Å². The van der Waals surface area contributed by atoms with Crippen LogP contribution >= 0.6 is 23.2 Å². The Kier molecular flexibility index (Phi) is 9.35. The van der Waals surface area contributed by atoms with E-state index in [1.165, 1.54) is 0 Å². The fraction of sp³-hybridized carbons (Fsp3) is 0.417. The summed E-state index contributed by atoms with van der Waals surface area (Å²) in [5.74, 6) is 1.15. The Morgan fingerprint density at radius 2 is 1.47 bits per heavy atom. The lowest BCUT2D eigenvalue weighted by Crippen LogP contribution is -2.47. The summed E-state index contributed by atoms with van der Waals surface area (Å²) in [7, 11) is 0. The third kappa shape index (κ3) is 8.10. The number of ether oxygens (including phenoxy) is 1. The average Bonchev–Trinajstić information content (AvgIpc) is 2.65. The Morgan fingerprint density at radius 3 is 1.97 bits per heavy atom. The van der Waals surface area contributed by atoms with Crippen molar-refractivity contribution in [3.63, 3.8) is 0 Å². The standard InChI is InChI=1S/C24H29Cl2NO3/c1-15(2)9-23(16(3)28)27-24(17(4)29)12-18-5-7-22(8-6-18)30-14-19-10-20(25)13-21(26)11-19/h5-8,10-11,13,15,23-24,27H,9,12,14H2,1-4H3/t23-,24-/m0/s1. The van der Waals surface area contributed by atoms with Gasteiger partial charge in [0.05, 0.1) is 12.1 Å². The summed E-state index contributed by atoms with van der Waals surface area (Å²) in [4.78, 5) is 24.1. The summed E-state index contributed by atoms with van der Waals surface area (Å²) in [5, 5.41) is 4.39. The van der Waals surface area contributed by atoms with Gasteiger partial charge in [0, 0.05) is 10.0 Å². The fourth-order valence-electron chi connectivity index (χ4n) is 3.20. The highest BCUT2D eigenvalue weighted by Crippen LogP contribution is 2.21. The van der Waals surface area contributed by atoms with E-state index in [9.17, 15) is 9.59 Å². The number of carbonyl (C=O) groups excluding carboxylic acids is 2. The molecule has 162 valence electrons. The van der Waals surface area contributed by atoms with Gasteiger partial charge in [-0.15, -0.1) is 0 Å². The largest absolute Gasteiger partial charge is 0.489 e. The van der Waals surface area contributed by atoms with Crippen molar-refractivity contribution in [2.45, 2.75) is 59.2 Å². The number of Topliss-reactive ketones (excluding diaryl/α,β-unsaturated/α-hetero) is 2. The maximum Gasteiger partial charge on any atom is 0.147 e. The molecule has 30 heavy (non-hydrogen) atoms. The molecule has 0 aliphatic rings. The van der Waals surface area contributed by atoms with Crippen LogP contribution in [0.2, 0.25) is 10.0 Å². The quantitative estimate of drug-likeness (QED) is 0.480. The van der Waals surface area contributed by atoms with Crippen molar-refractivity contribution < 1.29 is 14.3 Å². The maximum atomic E-state index is 12.2. The number of rotatable bonds is 11. The second-order valence-electron chi connectivity index (χ2n) is 8.04. The van der Waals surface area contributed by atoms with Crippen LogP contribution in [0.4, 0.5) is 0 Å². The van der Waals surface area contributed by atoms with Crippen LogP contribution in [-0.2, 0) is 22.6 Å². The van der Waals surface area contributed by atoms with Crippen molar-refractivity contribution in [2.24, 2.45) is 5.92 Å². The summed E-state index contributed by atoms with van der Waals surface area (Å²) < 4.78 is 5.80. The molecule has 1 N–H and O–H groups in total. The van der Waals surface area contributed by atoms with Gasteiger partial charge in [0.1, 0.15) is 23.9 Å². The molecule has 6 heteroatoms. The molecule has 2 aromatic rings. The zero-order valence-electron chi connectivity index (χ0n) is 17.9. The Bertz CT molecular complexity index is 845. The van der Waals surface area contributed by atoms with Gasteiger partial charge in [0.15, 0.2) is 0 Å². The molecule has 0 radical (unpaired) electrons. The van der Waals surface area contributed by atoms with E-state index in [2.05, 4.69) is 19.2 Å². The smallest absolute Gasteiger partial charge is 0.147 e. The number of ketones is 2. The Labute approximate surface area is 188 Å². The maximum absolute atomic E-state index is 12.2. The van der Waals surface area contributed by atoms with E-state index in [4.69, 9.17) is 27.9 Å². The van der Waals surface area contributed by atoms with Crippen LogP contribution in [0.3, 0.4) is 0 Å². The highest BCUT2D eigenvalue weighted by Gasteiger charge is 2.23. The fourth-order valence-corrected chi connectivity index (χ4v) is 3.78. The summed E-state index contributed by atoms with van der Waals surface area (Å²) >= 11 is 12.0. The number of nitrogens with one attached hydrogen (secondary N) is 1. The molecular weight excluding hydrogens is 421 g/mol. The number of carbonyl (C=O) groups is 2. The van der Waals surface area contributed by atoms with Gasteiger partial charge in [-0.1, -0.05) is 49.2 Å². The monoisotopic (exact) mass is 449 g/mol. The molecule has 0 aromatic heterocycles. The number of halogens is 2. The number of hydrogen-bond donors (Lipinski definition) is 1. The molecule has 0 heterocycles. The first-order valence-corrected chi connectivity index (χ1v) is 10.8. The molecule has 0 bridgehead atoms. The lowest BCUT2D eigenvalue weighted by atomic mass is 9.97. The molecule has 0 saturated heterocycles. The van der Waals surface area contributed by atoms with Crippen LogP contribution in [0.5, 0.6) is 5.75 Å². The van der Waals surface area contributed by atoms with Crippen molar-refractivity contribution in [3.05, 3.63) is 63.6 Å². The molecule has 2 aromatic carbocycles. The van der Waals surface area contributed by atoms with Crippen molar-refractivity contribution in [2.75, 3.05) is 0 Å². The van der Waals surface area contributed by atoms with E-state index in [0.29, 0.717) is 41.2 Å². The molecule has 2 atom stereocenters. The van der Waals surface area contributed by atoms with Gasteiger partial charge in [-0.2, -0.15) is 0 Å². The molecule has 0 spiro atoms. The van der Waals surface area contributed by atoms with Gasteiger partial charge < -0.3 is 4.74 Å². The molecule has 0 aliphatic heterocycles. The first-order chi connectivity index (χ1) is 14.1. The van der Waals surface area contributed by atoms with Gasteiger partial charge in [0.2, 0.25) is 0 Å². The summed E-state index contributed by atoms with van der Waals surface area (Å²) in [6, 6.07) is 12.2. The highest BCUT2D eigenvalue weighted by atomic mass is 35.5. The van der Waals surface area contributed by atoms with Crippen molar-refractivity contribution >= 4 is 34.8 Å². The van der Waals surface area contributed by atoms with Crippen molar-refractivity contribution in [3.8, 4) is 5.75 Å². The lowest BCUT2D eigenvalue weighted by Gasteiger charge is -2.24. The minimum atomic E-state index is -0.405. The van der Waals surface area contributed by atoms with Crippen LogP contribution in [0, 0.1) is 5.92 Å².